The molecular formula is C13H10BrFN2O. The molecule has 0 unspecified atom stereocenters. The van der Waals surface area contributed by atoms with Gasteiger partial charge in [0.05, 0.1) is 5.56 Å². The number of nitrogens with zero attached hydrogens (tertiary/aromatic N) is 1. The predicted molar refractivity (Wildman–Crippen MR) is 69.5 cm³/mol. The number of halogens is 2. The summed E-state index contributed by atoms with van der Waals surface area (Å²) in [5.41, 5.74) is 0.894. The Labute approximate surface area is 112 Å². The molecule has 0 spiro atoms. The van der Waals surface area contributed by atoms with Crippen molar-refractivity contribution in [2.75, 3.05) is 0 Å². The van der Waals surface area contributed by atoms with E-state index in [4.69, 9.17) is 0 Å². The zero-order chi connectivity index (χ0) is 13.0. The van der Waals surface area contributed by atoms with Gasteiger partial charge in [-0.15, -0.1) is 0 Å². The highest BCUT2D eigenvalue weighted by atomic mass is 79.9. The molecule has 1 aromatic heterocycles. The average Bonchev–Trinajstić information content (AvgIpc) is 2.38. The zero-order valence-corrected chi connectivity index (χ0v) is 10.9. The molecular weight excluding hydrogens is 299 g/mol. The van der Waals surface area contributed by atoms with Crippen molar-refractivity contribution < 1.29 is 9.18 Å². The molecule has 92 valence electrons. The number of aromatic nitrogens is 1. The van der Waals surface area contributed by atoms with E-state index >= 15 is 0 Å². The first kappa shape index (κ1) is 12.7. The summed E-state index contributed by atoms with van der Waals surface area (Å²) >= 11 is 3.33. The molecule has 1 aromatic carbocycles. The largest absolute Gasteiger partial charge is 0.348 e. The number of carbonyl (C=O) groups excluding carboxylic acids is 1. The maximum atomic E-state index is 13.2. The fraction of sp³-hybridized carbons (Fsp3) is 0.0769. The molecule has 3 nitrogen and oxygen atoms in total. The number of hydrogen-bond acceptors (Lipinski definition) is 2. The molecule has 0 aliphatic heterocycles. The first-order chi connectivity index (χ1) is 8.66. The van der Waals surface area contributed by atoms with E-state index in [0.29, 0.717) is 6.54 Å². The average molecular weight is 309 g/mol. The first-order valence-electron chi connectivity index (χ1n) is 5.30. The fourth-order valence-corrected chi connectivity index (χ4v) is 1.70. The molecule has 1 N–H and O–H groups in total. The van der Waals surface area contributed by atoms with Crippen molar-refractivity contribution in [2.24, 2.45) is 0 Å². The lowest BCUT2D eigenvalue weighted by Crippen LogP contribution is -2.24. The van der Waals surface area contributed by atoms with Crippen LogP contribution in [0.1, 0.15) is 15.9 Å². The molecule has 1 amide bonds. The Morgan fingerprint density at radius 3 is 2.67 bits per heavy atom. The van der Waals surface area contributed by atoms with E-state index in [1.54, 1.807) is 0 Å². The molecule has 0 saturated carbocycles. The standard InChI is InChI=1S/C13H10BrFN2O/c14-10-5-3-9(4-6-10)8-17-13(18)11-2-1-7-16-12(11)15/h1-7H,8H2,(H,17,18). The van der Waals surface area contributed by atoms with Gasteiger partial charge in [-0.25, -0.2) is 4.98 Å². The molecule has 5 heteroatoms. The van der Waals surface area contributed by atoms with E-state index in [9.17, 15) is 9.18 Å². The molecule has 18 heavy (non-hydrogen) atoms. The van der Waals surface area contributed by atoms with Crippen molar-refractivity contribution in [3.8, 4) is 0 Å². The van der Waals surface area contributed by atoms with Crippen molar-refractivity contribution in [1.82, 2.24) is 10.3 Å². The Bertz CT molecular complexity index is 557. The molecule has 1 heterocycles. The topological polar surface area (TPSA) is 42.0 Å². The predicted octanol–water partition coefficient (Wildman–Crippen LogP) is 2.91. The van der Waals surface area contributed by atoms with Gasteiger partial charge in [0.1, 0.15) is 0 Å². The smallest absolute Gasteiger partial charge is 0.256 e. The minimum atomic E-state index is -0.759. The summed E-state index contributed by atoms with van der Waals surface area (Å²) in [5, 5.41) is 2.64. The Kier molecular flexibility index (Phi) is 4.04. The van der Waals surface area contributed by atoms with Crippen LogP contribution in [0, 0.1) is 5.95 Å². The number of pyridine rings is 1. The number of nitrogens with one attached hydrogen (secondary N) is 1. The first-order valence-corrected chi connectivity index (χ1v) is 6.09. The third-order valence-electron chi connectivity index (χ3n) is 2.37. The van der Waals surface area contributed by atoms with Crippen LogP contribution >= 0.6 is 15.9 Å². The van der Waals surface area contributed by atoms with Crippen LogP contribution in [0.3, 0.4) is 0 Å². The molecule has 0 radical (unpaired) electrons. The van der Waals surface area contributed by atoms with Gasteiger partial charge in [0.15, 0.2) is 0 Å². The third kappa shape index (κ3) is 3.13. The summed E-state index contributed by atoms with van der Waals surface area (Å²) in [6.45, 7) is 0.348. The third-order valence-corrected chi connectivity index (χ3v) is 2.90. The molecule has 0 bridgehead atoms. The van der Waals surface area contributed by atoms with Gasteiger partial charge in [0, 0.05) is 17.2 Å². The second kappa shape index (κ2) is 5.73. The number of hydrogen-bond donors (Lipinski definition) is 1. The number of benzene rings is 1. The second-order valence-corrected chi connectivity index (χ2v) is 4.57. The van der Waals surface area contributed by atoms with Crippen LogP contribution in [-0.4, -0.2) is 10.9 Å². The highest BCUT2D eigenvalue weighted by Gasteiger charge is 2.11. The summed E-state index contributed by atoms with van der Waals surface area (Å²) in [4.78, 5) is 15.1. The summed E-state index contributed by atoms with van der Waals surface area (Å²) in [7, 11) is 0. The Hall–Kier alpha value is -1.75. The van der Waals surface area contributed by atoms with E-state index in [1.807, 2.05) is 24.3 Å². The molecule has 0 saturated heterocycles. The van der Waals surface area contributed by atoms with Crippen LogP contribution in [0.4, 0.5) is 4.39 Å². The lowest BCUT2D eigenvalue weighted by molar-refractivity contribution is 0.0946. The van der Waals surface area contributed by atoms with Crippen molar-refractivity contribution in [1.29, 1.82) is 0 Å². The van der Waals surface area contributed by atoms with Gasteiger partial charge in [-0.05, 0) is 29.8 Å². The van der Waals surface area contributed by atoms with Gasteiger partial charge >= 0.3 is 0 Å². The number of amides is 1. The monoisotopic (exact) mass is 308 g/mol. The quantitative estimate of drug-likeness (QED) is 0.886. The zero-order valence-electron chi connectivity index (χ0n) is 9.36. The van der Waals surface area contributed by atoms with Crippen LogP contribution < -0.4 is 5.32 Å². The van der Waals surface area contributed by atoms with E-state index in [0.717, 1.165) is 10.0 Å². The van der Waals surface area contributed by atoms with Gasteiger partial charge in [-0.3, -0.25) is 4.79 Å². The number of carbonyl (C=O) groups is 1. The Morgan fingerprint density at radius 1 is 1.28 bits per heavy atom. The molecule has 0 atom stereocenters. The van der Waals surface area contributed by atoms with Gasteiger partial charge in [-0.1, -0.05) is 28.1 Å². The van der Waals surface area contributed by atoms with Crippen LogP contribution in [0.25, 0.3) is 0 Å². The van der Waals surface area contributed by atoms with Crippen molar-refractivity contribution in [2.45, 2.75) is 6.54 Å². The SMILES string of the molecule is O=C(NCc1ccc(Br)cc1)c1cccnc1F. The van der Waals surface area contributed by atoms with Crippen LogP contribution in [0.5, 0.6) is 0 Å². The minimum absolute atomic E-state index is 0.0467. The summed E-state index contributed by atoms with van der Waals surface area (Å²) in [6.07, 6.45) is 1.31. The maximum Gasteiger partial charge on any atom is 0.256 e. The highest BCUT2D eigenvalue weighted by molar-refractivity contribution is 9.10. The molecule has 0 fully saturated rings. The normalized spacial score (nSPS) is 10.1. The van der Waals surface area contributed by atoms with Gasteiger partial charge in [-0.2, -0.15) is 4.39 Å². The second-order valence-electron chi connectivity index (χ2n) is 3.65. The van der Waals surface area contributed by atoms with E-state index in [2.05, 4.69) is 26.2 Å². The number of rotatable bonds is 3. The minimum Gasteiger partial charge on any atom is -0.348 e. The van der Waals surface area contributed by atoms with E-state index in [-0.39, 0.29) is 5.56 Å². The summed E-state index contributed by atoms with van der Waals surface area (Å²) in [5.74, 6) is -1.23. The molecule has 0 aliphatic carbocycles. The molecule has 2 aromatic rings. The summed E-state index contributed by atoms with van der Waals surface area (Å²) in [6, 6.07) is 10.4. The highest BCUT2D eigenvalue weighted by Crippen LogP contribution is 2.10. The van der Waals surface area contributed by atoms with E-state index in [1.165, 1.54) is 18.3 Å². The maximum absolute atomic E-state index is 13.2. The van der Waals surface area contributed by atoms with Crippen molar-refractivity contribution in [3.63, 3.8) is 0 Å². The lowest BCUT2D eigenvalue weighted by atomic mass is 10.2. The van der Waals surface area contributed by atoms with Crippen LogP contribution in [-0.2, 0) is 6.54 Å². The lowest BCUT2D eigenvalue weighted by Gasteiger charge is -2.05. The van der Waals surface area contributed by atoms with Crippen molar-refractivity contribution in [3.05, 3.63) is 64.1 Å². The van der Waals surface area contributed by atoms with Crippen LogP contribution in [0.15, 0.2) is 47.1 Å². The van der Waals surface area contributed by atoms with Crippen molar-refractivity contribution >= 4 is 21.8 Å². The summed E-state index contributed by atoms with van der Waals surface area (Å²) < 4.78 is 14.2. The Morgan fingerprint density at radius 2 is 2.00 bits per heavy atom. The molecule has 2 rings (SSSR count). The Balaban J connectivity index is 2.01. The van der Waals surface area contributed by atoms with Gasteiger partial charge in [0.2, 0.25) is 5.95 Å². The molecule has 0 aliphatic rings. The van der Waals surface area contributed by atoms with E-state index < -0.39 is 11.9 Å². The van der Waals surface area contributed by atoms with Crippen LogP contribution in [0.2, 0.25) is 0 Å². The fourth-order valence-electron chi connectivity index (χ4n) is 1.44. The van der Waals surface area contributed by atoms with Gasteiger partial charge < -0.3 is 5.32 Å². The van der Waals surface area contributed by atoms with Gasteiger partial charge in [0.25, 0.3) is 5.91 Å².